The first-order valence-corrected chi connectivity index (χ1v) is 8.55. The van der Waals surface area contributed by atoms with Crippen LogP contribution in [0.15, 0.2) is 43.0 Å². The number of alkyl halides is 3. The van der Waals surface area contributed by atoms with Crippen LogP contribution in [-0.2, 0) is 19.1 Å². The van der Waals surface area contributed by atoms with Crippen LogP contribution in [0.3, 0.4) is 0 Å². The molecular weight excluding hydrogens is 375 g/mol. The number of fused-ring (bicyclic) bond motifs is 1. The maximum atomic E-state index is 13.1. The van der Waals surface area contributed by atoms with E-state index >= 15 is 0 Å². The second-order valence-electron chi connectivity index (χ2n) is 6.37. The summed E-state index contributed by atoms with van der Waals surface area (Å²) in [5.41, 5.74) is -0.521. The molecule has 1 aliphatic rings. The zero-order valence-electron chi connectivity index (χ0n) is 14.5. The molecule has 2 amide bonds. The number of nitrogens with one attached hydrogen (secondary N) is 2. The number of hydrogen-bond acceptors (Lipinski definition) is 4. The third-order valence-electron chi connectivity index (χ3n) is 4.46. The highest BCUT2D eigenvalue weighted by Gasteiger charge is 2.31. The van der Waals surface area contributed by atoms with E-state index < -0.39 is 17.8 Å². The van der Waals surface area contributed by atoms with E-state index in [1.807, 2.05) is 0 Å². The average Bonchev–Trinajstić information content (AvgIpc) is 3.32. The summed E-state index contributed by atoms with van der Waals surface area (Å²) < 4.78 is 42.4. The summed E-state index contributed by atoms with van der Waals surface area (Å²) in [6, 6.07) is 3.96. The fraction of sp³-hybridized carbons (Fsp3) is 0.294. The summed E-state index contributed by atoms with van der Waals surface area (Å²) in [7, 11) is 0. The Morgan fingerprint density at radius 2 is 2.11 bits per heavy atom. The fourth-order valence-electron chi connectivity index (χ4n) is 3.12. The molecule has 1 aliphatic heterocycles. The molecule has 3 heterocycles. The molecule has 1 atom stereocenters. The molecular formula is C17H16F3N7O. The molecule has 146 valence electrons. The van der Waals surface area contributed by atoms with Crippen molar-refractivity contribution in [2.75, 3.05) is 5.32 Å². The van der Waals surface area contributed by atoms with Gasteiger partial charge in [0.1, 0.15) is 12.2 Å². The first-order valence-electron chi connectivity index (χ1n) is 8.55. The number of halogens is 3. The number of benzene rings is 1. The second kappa shape index (κ2) is 6.98. The summed E-state index contributed by atoms with van der Waals surface area (Å²) >= 11 is 0. The van der Waals surface area contributed by atoms with Crippen molar-refractivity contribution in [1.82, 2.24) is 29.9 Å². The van der Waals surface area contributed by atoms with Gasteiger partial charge in [-0.2, -0.15) is 23.4 Å². The van der Waals surface area contributed by atoms with E-state index in [1.165, 1.54) is 23.3 Å². The minimum Gasteiger partial charge on any atom is -0.333 e. The van der Waals surface area contributed by atoms with Gasteiger partial charge in [0.25, 0.3) is 0 Å². The smallest absolute Gasteiger partial charge is 0.333 e. The quantitative estimate of drug-likeness (QED) is 0.718. The minimum absolute atomic E-state index is 0.00767. The first-order chi connectivity index (χ1) is 13.4. The zero-order valence-corrected chi connectivity index (χ0v) is 14.5. The molecule has 1 aromatic carbocycles. The molecule has 0 fully saturated rings. The van der Waals surface area contributed by atoms with Crippen LogP contribution >= 0.6 is 0 Å². The third-order valence-corrected chi connectivity index (χ3v) is 4.46. The topological polar surface area (TPSA) is 89.7 Å². The van der Waals surface area contributed by atoms with Crippen molar-refractivity contribution in [3.63, 3.8) is 0 Å². The maximum Gasteiger partial charge on any atom is 0.416 e. The Bertz CT molecular complexity index is 981. The fourth-order valence-corrected chi connectivity index (χ4v) is 3.12. The SMILES string of the molecule is O=C(Nc1cc(C(F)(F)F)ccc1-n1cccn1)N[C@H]1CCc2ncnn2C1. The highest BCUT2D eigenvalue weighted by Crippen LogP contribution is 2.33. The molecule has 0 radical (unpaired) electrons. The molecule has 0 unspecified atom stereocenters. The molecule has 0 saturated carbocycles. The number of aryl methyl sites for hydroxylation is 1. The van der Waals surface area contributed by atoms with E-state index in [4.69, 9.17) is 0 Å². The molecule has 0 aliphatic carbocycles. The molecule has 0 spiro atoms. The lowest BCUT2D eigenvalue weighted by Crippen LogP contribution is -2.43. The first kappa shape index (κ1) is 18.0. The monoisotopic (exact) mass is 391 g/mol. The van der Waals surface area contributed by atoms with Gasteiger partial charge in [0, 0.05) is 18.8 Å². The predicted molar refractivity (Wildman–Crippen MR) is 92.9 cm³/mol. The molecule has 28 heavy (non-hydrogen) atoms. The third kappa shape index (κ3) is 3.68. The number of aromatic nitrogens is 5. The number of hydrogen-bond donors (Lipinski definition) is 2. The van der Waals surface area contributed by atoms with Crippen molar-refractivity contribution in [3.8, 4) is 5.69 Å². The van der Waals surface area contributed by atoms with Crippen LogP contribution in [0.25, 0.3) is 5.69 Å². The van der Waals surface area contributed by atoms with Gasteiger partial charge in [0.05, 0.1) is 29.5 Å². The number of carbonyl (C=O) groups excluding carboxylic acids is 1. The Morgan fingerprint density at radius 3 is 2.86 bits per heavy atom. The average molecular weight is 391 g/mol. The molecule has 8 nitrogen and oxygen atoms in total. The second-order valence-corrected chi connectivity index (χ2v) is 6.37. The molecule has 11 heteroatoms. The van der Waals surface area contributed by atoms with Crippen LogP contribution < -0.4 is 10.6 Å². The van der Waals surface area contributed by atoms with Gasteiger partial charge >= 0.3 is 12.2 Å². The van der Waals surface area contributed by atoms with Gasteiger partial charge in [0.15, 0.2) is 0 Å². The molecule has 2 aromatic heterocycles. The van der Waals surface area contributed by atoms with E-state index in [0.29, 0.717) is 25.1 Å². The lowest BCUT2D eigenvalue weighted by atomic mass is 10.1. The molecule has 2 N–H and O–H groups in total. The van der Waals surface area contributed by atoms with Gasteiger partial charge in [-0.1, -0.05) is 0 Å². The van der Waals surface area contributed by atoms with E-state index in [1.54, 1.807) is 16.9 Å². The number of anilines is 1. The van der Waals surface area contributed by atoms with Gasteiger partial charge in [-0.15, -0.1) is 0 Å². The van der Waals surface area contributed by atoms with Gasteiger partial charge in [-0.05, 0) is 30.7 Å². The van der Waals surface area contributed by atoms with Crippen LogP contribution in [0.2, 0.25) is 0 Å². The Labute approximate surface area is 157 Å². The van der Waals surface area contributed by atoms with Gasteiger partial charge in [0.2, 0.25) is 0 Å². The lowest BCUT2D eigenvalue weighted by Gasteiger charge is -2.24. The van der Waals surface area contributed by atoms with Crippen LogP contribution in [0.5, 0.6) is 0 Å². The van der Waals surface area contributed by atoms with Crippen molar-refractivity contribution >= 4 is 11.7 Å². The number of amides is 2. The van der Waals surface area contributed by atoms with Crippen LogP contribution in [0.4, 0.5) is 23.7 Å². The van der Waals surface area contributed by atoms with Gasteiger partial charge < -0.3 is 10.6 Å². The maximum absolute atomic E-state index is 13.1. The normalized spacial score (nSPS) is 16.5. The summed E-state index contributed by atoms with van der Waals surface area (Å²) in [6.07, 6.45) is 1.34. The number of nitrogens with zero attached hydrogens (tertiary/aromatic N) is 5. The van der Waals surface area contributed by atoms with Crippen LogP contribution in [0.1, 0.15) is 17.8 Å². The molecule has 4 rings (SSSR count). The molecule has 0 saturated heterocycles. The summed E-state index contributed by atoms with van der Waals surface area (Å²) in [4.78, 5) is 16.6. The molecule has 0 bridgehead atoms. The predicted octanol–water partition coefficient (Wildman–Crippen LogP) is 2.62. The van der Waals surface area contributed by atoms with E-state index in [2.05, 4.69) is 25.8 Å². The Kier molecular flexibility index (Phi) is 4.49. The largest absolute Gasteiger partial charge is 0.416 e. The van der Waals surface area contributed by atoms with Crippen LogP contribution in [0, 0.1) is 0 Å². The summed E-state index contributed by atoms with van der Waals surface area (Å²) in [5.74, 6) is 0.845. The van der Waals surface area contributed by atoms with Crippen LogP contribution in [-0.4, -0.2) is 36.6 Å². The number of rotatable bonds is 3. The van der Waals surface area contributed by atoms with E-state index in [9.17, 15) is 18.0 Å². The Balaban J connectivity index is 1.53. The van der Waals surface area contributed by atoms with E-state index in [0.717, 1.165) is 18.0 Å². The van der Waals surface area contributed by atoms with Gasteiger partial charge in [-0.3, -0.25) is 0 Å². The Hall–Kier alpha value is -3.37. The number of carbonyl (C=O) groups is 1. The molecule has 3 aromatic rings. The summed E-state index contributed by atoms with van der Waals surface area (Å²) in [6.45, 7) is 0.456. The lowest BCUT2D eigenvalue weighted by molar-refractivity contribution is -0.137. The van der Waals surface area contributed by atoms with Crippen molar-refractivity contribution in [2.24, 2.45) is 0 Å². The Morgan fingerprint density at radius 1 is 1.25 bits per heavy atom. The van der Waals surface area contributed by atoms with Crippen molar-refractivity contribution in [2.45, 2.75) is 31.6 Å². The van der Waals surface area contributed by atoms with Gasteiger partial charge in [-0.25, -0.2) is 19.1 Å². The summed E-state index contributed by atoms with van der Waals surface area (Å²) in [5, 5.41) is 13.4. The standard InChI is InChI=1S/C17H16F3N7O/c18-17(19,20)11-2-4-14(26-7-1-6-22-26)13(8-11)25-16(28)24-12-3-5-15-21-10-23-27(15)9-12/h1-2,4,6-8,10,12H,3,5,9H2,(H2,24,25,28)/t12-/m0/s1. The highest BCUT2D eigenvalue weighted by molar-refractivity contribution is 5.91. The van der Waals surface area contributed by atoms with Crippen molar-refractivity contribution < 1.29 is 18.0 Å². The van der Waals surface area contributed by atoms with Crippen molar-refractivity contribution in [3.05, 3.63) is 54.4 Å². The minimum atomic E-state index is -4.53. The highest BCUT2D eigenvalue weighted by atomic mass is 19.4. The van der Waals surface area contributed by atoms with Crippen molar-refractivity contribution in [1.29, 1.82) is 0 Å². The van der Waals surface area contributed by atoms with E-state index in [-0.39, 0.29) is 11.7 Å². The number of urea groups is 1. The zero-order chi connectivity index (χ0) is 19.7.